The predicted octanol–water partition coefficient (Wildman–Crippen LogP) is 2.87. The summed E-state index contributed by atoms with van der Waals surface area (Å²) in [4.78, 5) is 13.1. The topological polar surface area (TPSA) is 39.2 Å². The fourth-order valence-electron chi connectivity index (χ4n) is 0.991. The van der Waals surface area contributed by atoms with Crippen LogP contribution in [0.4, 0.5) is 26.3 Å². The van der Waals surface area contributed by atoms with Crippen molar-refractivity contribution in [1.82, 2.24) is 4.98 Å². The number of hydrogen-bond donors (Lipinski definition) is 0. The minimum atomic E-state index is -5.32. The van der Waals surface area contributed by atoms with Crippen LogP contribution in [0.1, 0.15) is 22.3 Å². The lowest BCUT2D eigenvalue weighted by atomic mass is 10.2. The molecule has 1 aromatic heterocycles. The molecule has 0 aliphatic heterocycles. The average molecular weight is 259 g/mol. The molecule has 0 amide bonds. The molecule has 0 aliphatic rings. The predicted molar refractivity (Wildman–Crippen MR) is 41.2 cm³/mol. The van der Waals surface area contributed by atoms with Gasteiger partial charge in [0.15, 0.2) is 12.0 Å². The quantitative estimate of drug-likeness (QED) is 0.476. The van der Waals surface area contributed by atoms with Crippen LogP contribution in [0.25, 0.3) is 0 Å². The van der Waals surface area contributed by atoms with Gasteiger partial charge in [0.2, 0.25) is 5.95 Å². The summed E-state index contributed by atoms with van der Waals surface area (Å²) in [5, 5.41) is 0. The number of rotatable bonds is 3. The normalized spacial score (nSPS) is 11.7. The molecule has 94 valence electrons. The molecule has 0 atom stereocenters. The van der Waals surface area contributed by atoms with E-state index in [0.717, 1.165) is 0 Å². The van der Waals surface area contributed by atoms with Crippen LogP contribution < -0.4 is 4.74 Å². The highest BCUT2D eigenvalue weighted by Gasteiger charge is 2.35. The van der Waals surface area contributed by atoms with E-state index in [1.54, 1.807) is 0 Å². The average Bonchev–Trinajstić information content (AvgIpc) is 2.15. The molecule has 0 radical (unpaired) electrons. The van der Waals surface area contributed by atoms with Gasteiger partial charge in [0.25, 0.3) is 6.43 Å². The molecule has 9 heteroatoms. The van der Waals surface area contributed by atoms with Gasteiger partial charge in [-0.05, 0) is 0 Å². The van der Waals surface area contributed by atoms with Gasteiger partial charge in [-0.1, -0.05) is 0 Å². The van der Waals surface area contributed by atoms with Crippen LogP contribution >= 0.6 is 0 Å². The molecule has 0 unspecified atom stereocenters. The molecule has 1 heterocycles. The number of ether oxygens (including phenoxy) is 1. The number of aromatic nitrogens is 1. The Labute approximate surface area is 90.0 Å². The number of carbonyl (C=O) groups excluding carboxylic acids is 1. The minimum absolute atomic E-state index is 0.175. The largest absolute Gasteiger partial charge is 0.573 e. The molecule has 3 nitrogen and oxygen atoms in total. The lowest BCUT2D eigenvalue weighted by Gasteiger charge is -2.14. The zero-order valence-corrected chi connectivity index (χ0v) is 7.76. The maximum atomic E-state index is 12.8. The standard InChI is InChI=1S/C8H3F6NO2/c9-6(10)3-1-15-7(11)4(2-16)5(3)17-8(12,13)14/h1-2,6H. The number of hydrogen-bond acceptors (Lipinski definition) is 3. The molecule has 0 spiro atoms. The Balaban J connectivity index is 3.39. The SMILES string of the molecule is O=Cc1c(F)ncc(C(F)F)c1OC(F)(F)F. The highest BCUT2D eigenvalue weighted by molar-refractivity contribution is 5.80. The maximum absolute atomic E-state index is 12.8. The molecule has 0 bridgehead atoms. The highest BCUT2D eigenvalue weighted by Crippen LogP contribution is 2.35. The third-order valence-electron chi connectivity index (χ3n) is 1.62. The number of pyridine rings is 1. The zero-order valence-electron chi connectivity index (χ0n) is 7.76. The van der Waals surface area contributed by atoms with Gasteiger partial charge in [-0.3, -0.25) is 4.79 Å². The third-order valence-corrected chi connectivity index (χ3v) is 1.62. The molecule has 1 aromatic rings. The van der Waals surface area contributed by atoms with Crippen molar-refractivity contribution in [2.45, 2.75) is 12.8 Å². The van der Waals surface area contributed by atoms with Crippen molar-refractivity contribution in [1.29, 1.82) is 0 Å². The molecular weight excluding hydrogens is 256 g/mol. The number of halogens is 6. The van der Waals surface area contributed by atoms with Crippen LogP contribution in [0, 0.1) is 5.95 Å². The van der Waals surface area contributed by atoms with Crippen molar-refractivity contribution in [3.8, 4) is 5.75 Å². The van der Waals surface area contributed by atoms with Crippen LogP contribution in [0.5, 0.6) is 5.75 Å². The van der Waals surface area contributed by atoms with E-state index in [0.29, 0.717) is 0 Å². The first kappa shape index (κ1) is 13.3. The van der Waals surface area contributed by atoms with Crippen molar-refractivity contribution in [2.24, 2.45) is 0 Å². The van der Waals surface area contributed by atoms with Crippen molar-refractivity contribution >= 4 is 6.29 Å². The summed E-state index contributed by atoms with van der Waals surface area (Å²) in [6.45, 7) is 0. The van der Waals surface area contributed by atoms with Crippen LogP contribution in [0.2, 0.25) is 0 Å². The van der Waals surface area contributed by atoms with Gasteiger partial charge in [-0.15, -0.1) is 13.2 Å². The van der Waals surface area contributed by atoms with Crippen molar-refractivity contribution in [3.63, 3.8) is 0 Å². The Morgan fingerprint density at radius 3 is 2.35 bits per heavy atom. The first-order valence-corrected chi connectivity index (χ1v) is 3.93. The van der Waals surface area contributed by atoms with Crippen molar-refractivity contribution in [3.05, 3.63) is 23.3 Å². The van der Waals surface area contributed by atoms with E-state index in [9.17, 15) is 31.1 Å². The first-order chi connectivity index (χ1) is 7.76. The second kappa shape index (κ2) is 4.60. The monoisotopic (exact) mass is 259 g/mol. The second-order valence-corrected chi connectivity index (χ2v) is 2.71. The van der Waals surface area contributed by atoms with Gasteiger partial charge in [-0.25, -0.2) is 13.8 Å². The minimum Gasteiger partial charge on any atom is -0.404 e. The van der Waals surface area contributed by atoms with Gasteiger partial charge in [0.1, 0.15) is 5.56 Å². The van der Waals surface area contributed by atoms with Gasteiger partial charge in [-0.2, -0.15) is 4.39 Å². The lowest BCUT2D eigenvalue weighted by Crippen LogP contribution is -2.20. The smallest absolute Gasteiger partial charge is 0.404 e. The number of carbonyl (C=O) groups is 1. The van der Waals surface area contributed by atoms with E-state index < -0.39 is 35.6 Å². The molecular formula is C8H3F6NO2. The second-order valence-electron chi connectivity index (χ2n) is 2.71. The van der Waals surface area contributed by atoms with E-state index in [-0.39, 0.29) is 12.5 Å². The van der Waals surface area contributed by atoms with Gasteiger partial charge >= 0.3 is 6.36 Å². The lowest BCUT2D eigenvalue weighted by molar-refractivity contribution is -0.275. The van der Waals surface area contributed by atoms with Crippen LogP contribution in [-0.2, 0) is 0 Å². The number of nitrogens with zero attached hydrogens (tertiary/aromatic N) is 1. The van der Waals surface area contributed by atoms with Crippen molar-refractivity contribution < 1.29 is 35.9 Å². The van der Waals surface area contributed by atoms with E-state index in [2.05, 4.69) is 9.72 Å². The maximum Gasteiger partial charge on any atom is 0.573 e. The van der Waals surface area contributed by atoms with E-state index in [1.807, 2.05) is 0 Å². The summed E-state index contributed by atoms with van der Waals surface area (Å²) in [6, 6.07) is 0. The summed E-state index contributed by atoms with van der Waals surface area (Å²) in [7, 11) is 0. The molecule has 0 aliphatic carbocycles. The van der Waals surface area contributed by atoms with Crippen LogP contribution in [0.15, 0.2) is 6.20 Å². The van der Waals surface area contributed by atoms with Crippen LogP contribution in [-0.4, -0.2) is 17.6 Å². The Bertz CT molecular complexity index is 431. The van der Waals surface area contributed by atoms with Gasteiger partial charge < -0.3 is 4.74 Å². The van der Waals surface area contributed by atoms with E-state index in [4.69, 9.17) is 0 Å². The highest BCUT2D eigenvalue weighted by atomic mass is 19.4. The number of alkyl halides is 5. The van der Waals surface area contributed by atoms with E-state index >= 15 is 0 Å². The number of aldehydes is 1. The van der Waals surface area contributed by atoms with E-state index in [1.165, 1.54) is 0 Å². The molecule has 1 rings (SSSR count). The Morgan fingerprint density at radius 1 is 1.35 bits per heavy atom. The molecule has 0 fully saturated rings. The molecule has 17 heavy (non-hydrogen) atoms. The summed E-state index contributed by atoms with van der Waals surface area (Å²) < 4.78 is 76.4. The van der Waals surface area contributed by atoms with Crippen molar-refractivity contribution in [2.75, 3.05) is 0 Å². The summed E-state index contributed by atoms with van der Waals surface area (Å²) in [6.07, 6.45) is -8.92. The summed E-state index contributed by atoms with van der Waals surface area (Å²) in [5.41, 5.74) is -2.62. The molecule has 0 aromatic carbocycles. The molecule has 0 N–H and O–H groups in total. The fraction of sp³-hybridized carbons (Fsp3) is 0.250. The van der Waals surface area contributed by atoms with Crippen LogP contribution in [0.3, 0.4) is 0 Å². The third kappa shape index (κ3) is 3.08. The van der Waals surface area contributed by atoms with Gasteiger partial charge in [0, 0.05) is 6.20 Å². The fourth-order valence-corrected chi connectivity index (χ4v) is 0.991. The summed E-state index contributed by atoms with van der Waals surface area (Å²) >= 11 is 0. The molecule has 0 saturated heterocycles. The Morgan fingerprint density at radius 2 is 1.94 bits per heavy atom. The zero-order chi connectivity index (χ0) is 13.2. The van der Waals surface area contributed by atoms with Gasteiger partial charge in [0.05, 0.1) is 5.56 Å². The molecule has 0 saturated carbocycles. The first-order valence-electron chi connectivity index (χ1n) is 3.93. The Kier molecular flexibility index (Phi) is 3.59. The summed E-state index contributed by atoms with van der Waals surface area (Å²) in [5.74, 6) is -3.20. The Hall–Kier alpha value is -1.80.